The van der Waals surface area contributed by atoms with E-state index in [1.807, 2.05) is 18.2 Å². The Labute approximate surface area is 60.1 Å². The van der Waals surface area contributed by atoms with E-state index in [1.54, 1.807) is 12.1 Å². The number of aldehydes is 1. The Hall–Kier alpha value is -1.15. The summed E-state index contributed by atoms with van der Waals surface area (Å²) in [6.07, 6.45) is 0.833. The van der Waals surface area contributed by atoms with Crippen molar-refractivity contribution in [2.45, 2.75) is 0 Å². The lowest BCUT2D eigenvalue weighted by atomic mass is 10.2. The lowest BCUT2D eigenvalue weighted by Crippen LogP contribution is -1.73. The van der Waals surface area contributed by atoms with E-state index in [2.05, 4.69) is 0 Å². The van der Waals surface area contributed by atoms with Gasteiger partial charge in [-0.2, -0.15) is 0 Å². The molecule has 2 heteroatoms. The molecule has 0 radical (unpaired) electrons. The number of hydrogen-bond donors (Lipinski definition) is 1. The van der Waals surface area contributed by atoms with Crippen molar-refractivity contribution in [3.05, 3.63) is 35.9 Å². The van der Waals surface area contributed by atoms with Gasteiger partial charge < -0.3 is 5.11 Å². The molecule has 10 heavy (non-hydrogen) atoms. The van der Waals surface area contributed by atoms with Crippen LogP contribution >= 0.6 is 0 Å². The third-order valence-electron chi connectivity index (χ3n) is 0.936. The molecule has 2 nitrogen and oxygen atoms in total. The number of rotatable bonds is 1. The van der Waals surface area contributed by atoms with E-state index in [4.69, 9.17) is 5.11 Å². The van der Waals surface area contributed by atoms with Crippen molar-refractivity contribution in [3.8, 4) is 0 Å². The van der Waals surface area contributed by atoms with Crippen LogP contribution in [-0.2, 0) is 0 Å². The van der Waals surface area contributed by atoms with E-state index >= 15 is 0 Å². The maximum absolute atomic E-state index is 10.0. The molecular weight excluding hydrogens is 128 g/mol. The monoisotopic (exact) mass is 138 g/mol. The molecule has 1 rings (SSSR count). The molecule has 1 N–H and O–H groups in total. The largest absolute Gasteiger partial charge is 0.400 e. The van der Waals surface area contributed by atoms with E-state index in [0.29, 0.717) is 0 Å². The van der Waals surface area contributed by atoms with Crippen LogP contribution in [0, 0.1) is 0 Å². The van der Waals surface area contributed by atoms with E-state index in [9.17, 15) is 4.79 Å². The van der Waals surface area contributed by atoms with Crippen LogP contribution in [-0.4, -0.2) is 18.5 Å². The van der Waals surface area contributed by atoms with Crippen LogP contribution in [0.4, 0.5) is 0 Å². The molecule has 1 aromatic carbocycles. The summed E-state index contributed by atoms with van der Waals surface area (Å²) in [7, 11) is 1.00. The Balaban J connectivity index is 0.000000371. The second-order valence-electron chi connectivity index (χ2n) is 1.53. The predicted molar refractivity (Wildman–Crippen MR) is 40.0 cm³/mol. The van der Waals surface area contributed by atoms with Gasteiger partial charge in [0.05, 0.1) is 0 Å². The zero-order valence-corrected chi connectivity index (χ0v) is 5.82. The number of carbonyl (C=O) groups is 1. The van der Waals surface area contributed by atoms with Gasteiger partial charge in [0.1, 0.15) is 6.29 Å². The lowest BCUT2D eigenvalue weighted by molar-refractivity contribution is 0.112. The number of aliphatic hydroxyl groups is 1. The van der Waals surface area contributed by atoms with Crippen molar-refractivity contribution < 1.29 is 9.90 Å². The standard InChI is InChI=1S/C7H6O.CH4O/c8-6-7-4-2-1-3-5-7;1-2/h1-6H;2H,1H3. The fourth-order valence-corrected chi connectivity index (χ4v) is 0.532. The average Bonchev–Trinajstić information content (AvgIpc) is 2.10. The maximum atomic E-state index is 10.0. The molecule has 0 unspecified atom stereocenters. The highest BCUT2D eigenvalue weighted by atomic mass is 16.2. The van der Waals surface area contributed by atoms with Crippen LogP contribution in [0.1, 0.15) is 10.4 Å². The molecule has 0 atom stereocenters. The minimum atomic E-state index is 0.729. The van der Waals surface area contributed by atoms with Gasteiger partial charge in [-0.15, -0.1) is 0 Å². The van der Waals surface area contributed by atoms with Crippen LogP contribution in [0.2, 0.25) is 0 Å². The summed E-state index contributed by atoms with van der Waals surface area (Å²) in [6, 6.07) is 9.10. The van der Waals surface area contributed by atoms with Gasteiger partial charge in [0.25, 0.3) is 0 Å². The van der Waals surface area contributed by atoms with Crippen molar-refractivity contribution in [3.63, 3.8) is 0 Å². The molecule has 0 amide bonds. The topological polar surface area (TPSA) is 37.3 Å². The number of carbonyl (C=O) groups excluding carboxylic acids is 1. The summed E-state index contributed by atoms with van der Waals surface area (Å²) < 4.78 is 0. The Bertz CT molecular complexity index is 170. The normalized spacial score (nSPS) is 7.40. The fraction of sp³-hybridized carbons (Fsp3) is 0.125. The summed E-state index contributed by atoms with van der Waals surface area (Å²) in [5.74, 6) is 0. The van der Waals surface area contributed by atoms with Crippen LogP contribution in [0.5, 0.6) is 0 Å². The molecule has 0 bridgehead atoms. The Morgan fingerprint density at radius 3 is 2.00 bits per heavy atom. The molecule has 0 saturated heterocycles. The highest BCUT2D eigenvalue weighted by molar-refractivity contribution is 5.74. The molecule has 0 fully saturated rings. The van der Waals surface area contributed by atoms with E-state index in [0.717, 1.165) is 19.0 Å². The van der Waals surface area contributed by atoms with Crippen LogP contribution in [0.25, 0.3) is 0 Å². The first-order chi connectivity index (χ1) is 4.93. The second kappa shape index (κ2) is 5.98. The summed E-state index contributed by atoms with van der Waals surface area (Å²) >= 11 is 0. The predicted octanol–water partition coefficient (Wildman–Crippen LogP) is 1.11. The number of aliphatic hydroxyl groups excluding tert-OH is 1. The second-order valence-corrected chi connectivity index (χ2v) is 1.53. The van der Waals surface area contributed by atoms with Gasteiger partial charge in [0, 0.05) is 12.7 Å². The van der Waals surface area contributed by atoms with Crippen molar-refractivity contribution in [2.24, 2.45) is 0 Å². The van der Waals surface area contributed by atoms with Gasteiger partial charge in [0.15, 0.2) is 0 Å². The Kier molecular flexibility index (Phi) is 5.29. The number of hydrogen-bond acceptors (Lipinski definition) is 2. The van der Waals surface area contributed by atoms with Gasteiger partial charge in [-0.1, -0.05) is 30.3 Å². The zero-order chi connectivity index (χ0) is 7.82. The lowest BCUT2D eigenvalue weighted by Gasteiger charge is -1.81. The van der Waals surface area contributed by atoms with Gasteiger partial charge in [-0.25, -0.2) is 0 Å². The fourth-order valence-electron chi connectivity index (χ4n) is 0.532. The number of benzene rings is 1. The SMILES string of the molecule is CO.O=Cc1ccccc1. The van der Waals surface area contributed by atoms with Crippen molar-refractivity contribution in [1.29, 1.82) is 0 Å². The molecule has 0 spiro atoms. The molecule has 0 aromatic heterocycles. The van der Waals surface area contributed by atoms with Crippen molar-refractivity contribution in [2.75, 3.05) is 7.11 Å². The Morgan fingerprint density at radius 1 is 1.20 bits per heavy atom. The van der Waals surface area contributed by atoms with Gasteiger partial charge in [-0.3, -0.25) is 4.79 Å². The van der Waals surface area contributed by atoms with Crippen molar-refractivity contribution >= 4 is 6.29 Å². The smallest absolute Gasteiger partial charge is 0.150 e. The summed E-state index contributed by atoms with van der Waals surface area (Å²) in [6.45, 7) is 0. The van der Waals surface area contributed by atoms with Crippen molar-refractivity contribution in [1.82, 2.24) is 0 Å². The minimum absolute atomic E-state index is 0.729. The first-order valence-corrected chi connectivity index (χ1v) is 2.88. The molecule has 0 aliphatic rings. The van der Waals surface area contributed by atoms with E-state index in [1.165, 1.54) is 0 Å². The molecule has 0 heterocycles. The van der Waals surface area contributed by atoms with Crippen LogP contribution < -0.4 is 0 Å². The summed E-state index contributed by atoms with van der Waals surface area (Å²) in [5, 5.41) is 7.00. The minimum Gasteiger partial charge on any atom is -0.400 e. The molecule has 54 valence electrons. The first-order valence-electron chi connectivity index (χ1n) is 2.88. The molecule has 0 aliphatic carbocycles. The molecular formula is C8H10O2. The molecule has 0 aliphatic heterocycles. The maximum Gasteiger partial charge on any atom is 0.150 e. The van der Waals surface area contributed by atoms with E-state index < -0.39 is 0 Å². The van der Waals surface area contributed by atoms with E-state index in [-0.39, 0.29) is 0 Å². The first kappa shape index (κ1) is 8.85. The summed E-state index contributed by atoms with van der Waals surface area (Å²) in [5.41, 5.74) is 0.729. The summed E-state index contributed by atoms with van der Waals surface area (Å²) in [4.78, 5) is 10.0. The van der Waals surface area contributed by atoms with Crippen LogP contribution in [0.3, 0.4) is 0 Å². The molecule has 1 aromatic rings. The Morgan fingerprint density at radius 2 is 1.70 bits per heavy atom. The van der Waals surface area contributed by atoms with Gasteiger partial charge >= 0.3 is 0 Å². The highest BCUT2D eigenvalue weighted by Crippen LogP contribution is 1.91. The zero-order valence-electron chi connectivity index (χ0n) is 5.82. The van der Waals surface area contributed by atoms with Gasteiger partial charge in [-0.05, 0) is 0 Å². The highest BCUT2D eigenvalue weighted by Gasteiger charge is 1.79. The van der Waals surface area contributed by atoms with Gasteiger partial charge in [0.2, 0.25) is 0 Å². The van der Waals surface area contributed by atoms with Crippen LogP contribution in [0.15, 0.2) is 30.3 Å². The third kappa shape index (κ3) is 2.99. The quantitative estimate of drug-likeness (QED) is 0.590. The average molecular weight is 138 g/mol. The molecule has 0 saturated carbocycles. The third-order valence-corrected chi connectivity index (χ3v) is 0.936.